The van der Waals surface area contributed by atoms with Gasteiger partial charge in [0, 0.05) is 32.9 Å². The van der Waals surface area contributed by atoms with E-state index in [2.05, 4.69) is 5.32 Å². The van der Waals surface area contributed by atoms with Gasteiger partial charge in [-0.05, 0) is 36.4 Å². The highest BCUT2D eigenvalue weighted by Crippen LogP contribution is 2.32. The number of halogens is 2. The number of nitrogens with zero attached hydrogens (tertiary/aromatic N) is 1. The van der Waals surface area contributed by atoms with E-state index >= 15 is 0 Å². The van der Waals surface area contributed by atoms with Gasteiger partial charge in [-0.15, -0.1) is 24.8 Å². The highest BCUT2D eigenvalue weighted by atomic mass is 35.5. The van der Waals surface area contributed by atoms with Gasteiger partial charge >= 0.3 is 18.0 Å². The average molecular weight is 700 g/mol. The van der Waals surface area contributed by atoms with Gasteiger partial charge in [0.05, 0.1) is 6.04 Å². The molecule has 1 unspecified atom stereocenters. The number of nitrogens with two attached hydrogens (primary N) is 2. The zero-order valence-electron chi connectivity index (χ0n) is 27.0. The fraction of sp³-hybridized carbons (Fsp3) is 0.515. The Hall–Kier alpha value is -3.42. The SMILES string of the molecule is CC(OC(=O)[C@@H](NC(=O)[C@@H](N)CCCCN)C(C)C)OC(=O)N1CCC(OC(=O)C(O)(c2ccccc2)c2ccccc2)CC1.Cl.Cl. The van der Waals surface area contributed by atoms with Crippen LogP contribution < -0.4 is 16.8 Å². The lowest BCUT2D eigenvalue weighted by Gasteiger charge is -2.34. The molecule has 12 nitrogen and oxygen atoms in total. The first kappa shape index (κ1) is 41.6. The fourth-order valence-electron chi connectivity index (χ4n) is 5.03. The molecule has 1 aliphatic heterocycles. The van der Waals surface area contributed by atoms with E-state index in [-0.39, 0.29) is 43.8 Å². The van der Waals surface area contributed by atoms with Crippen LogP contribution in [0, 0.1) is 5.92 Å². The van der Waals surface area contributed by atoms with Gasteiger partial charge < -0.3 is 41.0 Å². The Balaban J connectivity index is 0.00000552. The molecular formula is C33H48Cl2N4O8. The molecule has 1 fully saturated rings. The second-order valence-corrected chi connectivity index (χ2v) is 11.5. The number of aliphatic hydroxyl groups is 1. The van der Waals surface area contributed by atoms with Gasteiger partial charge in [-0.25, -0.2) is 14.4 Å². The van der Waals surface area contributed by atoms with Crippen LogP contribution in [0.1, 0.15) is 64.0 Å². The molecule has 0 spiro atoms. The molecule has 1 heterocycles. The van der Waals surface area contributed by atoms with Gasteiger partial charge in [0.15, 0.2) is 0 Å². The van der Waals surface area contributed by atoms with Crippen LogP contribution in [0.4, 0.5) is 4.79 Å². The zero-order chi connectivity index (χ0) is 33.0. The minimum atomic E-state index is -2.00. The number of piperidine rings is 1. The predicted molar refractivity (Wildman–Crippen MR) is 181 cm³/mol. The summed E-state index contributed by atoms with van der Waals surface area (Å²) in [7, 11) is 0. The minimum Gasteiger partial charge on any atom is -0.460 e. The molecule has 14 heteroatoms. The van der Waals surface area contributed by atoms with Gasteiger partial charge in [0.25, 0.3) is 0 Å². The summed E-state index contributed by atoms with van der Waals surface area (Å²) in [6, 6.07) is 15.4. The molecule has 2 aromatic carbocycles. The summed E-state index contributed by atoms with van der Waals surface area (Å²) in [6.45, 7) is 5.86. The number of nitrogens with one attached hydrogen (secondary N) is 1. The van der Waals surface area contributed by atoms with Gasteiger partial charge in [0.1, 0.15) is 12.1 Å². The van der Waals surface area contributed by atoms with E-state index in [0.717, 1.165) is 6.42 Å². The van der Waals surface area contributed by atoms with Crippen LogP contribution in [0.15, 0.2) is 60.7 Å². The first-order valence-corrected chi connectivity index (χ1v) is 15.4. The van der Waals surface area contributed by atoms with Crippen molar-refractivity contribution in [3.63, 3.8) is 0 Å². The van der Waals surface area contributed by atoms with Gasteiger partial charge in [-0.2, -0.15) is 0 Å². The molecule has 3 rings (SSSR count). The highest BCUT2D eigenvalue weighted by molar-refractivity contribution is 5.88. The topological polar surface area (TPSA) is 184 Å². The Morgan fingerprint density at radius 1 is 0.915 bits per heavy atom. The number of amides is 2. The zero-order valence-corrected chi connectivity index (χ0v) is 28.7. The first-order chi connectivity index (χ1) is 21.5. The molecule has 2 aromatic rings. The molecule has 0 saturated carbocycles. The average Bonchev–Trinajstić information content (AvgIpc) is 3.03. The maximum Gasteiger partial charge on any atom is 0.412 e. The first-order valence-electron chi connectivity index (χ1n) is 15.4. The maximum absolute atomic E-state index is 13.4. The smallest absolute Gasteiger partial charge is 0.412 e. The summed E-state index contributed by atoms with van der Waals surface area (Å²) in [4.78, 5) is 53.0. The van der Waals surface area contributed by atoms with Gasteiger partial charge in [0.2, 0.25) is 17.8 Å². The van der Waals surface area contributed by atoms with E-state index in [1.54, 1.807) is 74.5 Å². The predicted octanol–water partition coefficient (Wildman–Crippen LogP) is 3.40. The lowest BCUT2D eigenvalue weighted by molar-refractivity contribution is -0.172. The summed E-state index contributed by atoms with van der Waals surface area (Å²) >= 11 is 0. The lowest BCUT2D eigenvalue weighted by Crippen LogP contribution is -2.51. The summed E-state index contributed by atoms with van der Waals surface area (Å²) < 4.78 is 16.4. The summed E-state index contributed by atoms with van der Waals surface area (Å²) in [6.07, 6.45) is 0.0670. The van der Waals surface area contributed by atoms with Crippen molar-refractivity contribution in [2.75, 3.05) is 19.6 Å². The fourth-order valence-corrected chi connectivity index (χ4v) is 5.03. The molecule has 1 aliphatic rings. The molecule has 6 N–H and O–H groups in total. The Kier molecular flexibility index (Phi) is 17.8. The van der Waals surface area contributed by atoms with Gasteiger partial charge in [-0.3, -0.25) is 4.79 Å². The monoisotopic (exact) mass is 698 g/mol. The quantitative estimate of drug-likeness (QED) is 0.130. The van der Waals surface area contributed by atoms with Crippen molar-refractivity contribution in [3.05, 3.63) is 71.8 Å². The number of hydrogen-bond donors (Lipinski definition) is 4. The van der Waals surface area contributed by atoms with Crippen molar-refractivity contribution in [2.45, 2.75) is 83.0 Å². The number of likely N-dealkylation sites (tertiary alicyclic amines) is 1. The van der Waals surface area contributed by atoms with E-state index in [0.29, 0.717) is 43.4 Å². The Bertz CT molecular complexity index is 1220. The third-order valence-electron chi connectivity index (χ3n) is 7.73. The second kappa shape index (κ2) is 20.1. The van der Waals surface area contributed by atoms with Crippen molar-refractivity contribution in [3.8, 4) is 0 Å². The number of carbonyl (C=O) groups is 4. The Morgan fingerprint density at radius 2 is 1.45 bits per heavy atom. The maximum atomic E-state index is 13.4. The Morgan fingerprint density at radius 3 is 1.94 bits per heavy atom. The number of carbonyl (C=O) groups excluding carboxylic acids is 4. The molecule has 3 atom stereocenters. The standard InChI is InChI=1S/C33H46N4O8.2ClH/c1-22(2)28(36-29(38)27(35)16-10-11-19-34)30(39)43-23(3)44-32(41)37-20-17-26(18-21-37)45-31(40)33(42,24-12-6-4-7-13-24)25-14-8-5-9-15-25;;/h4-9,12-15,22-23,26-28,42H,10-11,16-21,34-35H2,1-3H3,(H,36,38);2*1H/t23?,27-,28-;;/m0../s1. The number of unbranched alkanes of at least 4 members (excludes halogenated alkanes) is 1. The highest BCUT2D eigenvalue weighted by Gasteiger charge is 2.43. The molecule has 0 radical (unpaired) electrons. The van der Waals surface area contributed by atoms with E-state index in [9.17, 15) is 24.3 Å². The number of ether oxygens (including phenoxy) is 3. The normalized spacial score (nSPS) is 15.3. The van der Waals surface area contributed by atoms with E-state index in [1.165, 1.54) is 11.8 Å². The third kappa shape index (κ3) is 11.7. The molecule has 0 bridgehead atoms. The van der Waals surface area contributed by atoms with Crippen molar-refractivity contribution in [1.29, 1.82) is 0 Å². The number of benzene rings is 2. The molecule has 0 aliphatic carbocycles. The largest absolute Gasteiger partial charge is 0.460 e. The number of esters is 2. The van der Waals surface area contributed by atoms with Crippen molar-refractivity contribution in [2.24, 2.45) is 17.4 Å². The minimum absolute atomic E-state index is 0. The molecule has 0 aromatic heterocycles. The summed E-state index contributed by atoms with van der Waals surface area (Å²) in [5.74, 6) is -2.32. The summed E-state index contributed by atoms with van der Waals surface area (Å²) in [5.41, 5.74) is 10.2. The van der Waals surface area contributed by atoms with Crippen LogP contribution in [-0.4, -0.2) is 78.1 Å². The molecule has 1 saturated heterocycles. The van der Waals surface area contributed by atoms with Gasteiger partial charge in [-0.1, -0.05) is 80.9 Å². The van der Waals surface area contributed by atoms with Crippen molar-refractivity contribution < 1.29 is 38.5 Å². The third-order valence-corrected chi connectivity index (χ3v) is 7.73. The van der Waals surface area contributed by atoms with Crippen LogP contribution in [0.3, 0.4) is 0 Å². The van der Waals surface area contributed by atoms with E-state index in [4.69, 9.17) is 25.7 Å². The van der Waals surface area contributed by atoms with Crippen LogP contribution in [0.5, 0.6) is 0 Å². The second-order valence-electron chi connectivity index (χ2n) is 11.5. The van der Waals surface area contributed by atoms with Crippen LogP contribution in [-0.2, 0) is 34.2 Å². The lowest BCUT2D eigenvalue weighted by atomic mass is 9.86. The number of hydrogen-bond acceptors (Lipinski definition) is 10. The van der Waals surface area contributed by atoms with Crippen LogP contribution in [0.2, 0.25) is 0 Å². The van der Waals surface area contributed by atoms with Crippen molar-refractivity contribution >= 4 is 48.8 Å². The summed E-state index contributed by atoms with van der Waals surface area (Å²) in [5, 5.41) is 14.3. The molecule has 47 heavy (non-hydrogen) atoms. The van der Waals surface area contributed by atoms with Crippen LogP contribution in [0.25, 0.3) is 0 Å². The molecule has 262 valence electrons. The Labute approximate surface area is 288 Å². The molecule has 2 amide bonds. The van der Waals surface area contributed by atoms with Crippen LogP contribution >= 0.6 is 24.8 Å². The number of rotatable bonds is 14. The molecular weight excluding hydrogens is 651 g/mol. The van der Waals surface area contributed by atoms with E-state index < -0.39 is 54.0 Å². The van der Waals surface area contributed by atoms with Crippen molar-refractivity contribution in [1.82, 2.24) is 10.2 Å². The van der Waals surface area contributed by atoms with E-state index in [1.807, 2.05) is 0 Å².